The van der Waals surface area contributed by atoms with E-state index in [4.69, 9.17) is 17.3 Å². The predicted molar refractivity (Wildman–Crippen MR) is 77.1 cm³/mol. The number of halogens is 1. The van der Waals surface area contributed by atoms with Crippen LogP contribution in [0.25, 0.3) is 0 Å². The van der Waals surface area contributed by atoms with Gasteiger partial charge in [0, 0.05) is 11.3 Å². The molecule has 5 rings (SSSR count). The fourth-order valence-corrected chi connectivity index (χ4v) is 7.71. The standard InChI is InChI=1S/C17H20ClN/c18-8-12-13-6-15(10-19)9-16(7-14(12)17(13,15)16)11-4-2-1-3-5-11/h1-5,12-14H,6-10,19H2. The molecular weight excluding hydrogens is 254 g/mol. The molecule has 19 heavy (non-hydrogen) atoms. The first-order valence-electron chi connectivity index (χ1n) is 7.57. The molecule has 4 saturated carbocycles. The van der Waals surface area contributed by atoms with Crippen LogP contribution in [-0.4, -0.2) is 12.4 Å². The molecule has 6 unspecified atom stereocenters. The fourth-order valence-electron chi connectivity index (χ4n) is 7.28. The number of hydrogen-bond donors (Lipinski definition) is 1. The Bertz CT molecular complexity index is 550. The first-order chi connectivity index (χ1) is 9.26. The molecule has 100 valence electrons. The number of rotatable bonds is 3. The molecule has 1 aromatic rings. The Kier molecular flexibility index (Phi) is 1.79. The Hall–Kier alpha value is -0.530. The van der Waals surface area contributed by atoms with Crippen LogP contribution in [0.15, 0.2) is 30.3 Å². The maximum absolute atomic E-state index is 6.20. The molecule has 0 saturated heterocycles. The van der Waals surface area contributed by atoms with Crippen LogP contribution in [0.2, 0.25) is 0 Å². The van der Waals surface area contributed by atoms with Crippen LogP contribution in [-0.2, 0) is 5.41 Å². The molecule has 0 radical (unpaired) electrons. The van der Waals surface area contributed by atoms with Gasteiger partial charge in [-0.15, -0.1) is 11.6 Å². The van der Waals surface area contributed by atoms with Gasteiger partial charge < -0.3 is 5.73 Å². The van der Waals surface area contributed by atoms with Crippen molar-refractivity contribution in [2.75, 3.05) is 12.4 Å². The largest absolute Gasteiger partial charge is 0.330 e. The first kappa shape index (κ1) is 11.2. The van der Waals surface area contributed by atoms with Gasteiger partial charge in [-0.05, 0) is 60.0 Å². The van der Waals surface area contributed by atoms with Crippen LogP contribution >= 0.6 is 11.6 Å². The molecule has 1 nitrogen and oxygen atoms in total. The van der Waals surface area contributed by atoms with Crippen molar-refractivity contribution in [3.63, 3.8) is 0 Å². The molecule has 2 heteroatoms. The van der Waals surface area contributed by atoms with Crippen molar-refractivity contribution in [2.45, 2.75) is 24.7 Å². The van der Waals surface area contributed by atoms with Gasteiger partial charge in [0.2, 0.25) is 0 Å². The zero-order valence-corrected chi connectivity index (χ0v) is 11.9. The van der Waals surface area contributed by atoms with Gasteiger partial charge in [0.05, 0.1) is 0 Å². The highest BCUT2D eigenvalue weighted by atomic mass is 35.5. The van der Waals surface area contributed by atoms with E-state index in [2.05, 4.69) is 30.3 Å². The quantitative estimate of drug-likeness (QED) is 0.841. The van der Waals surface area contributed by atoms with Crippen molar-refractivity contribution in [1.82, 2.24) is 0 Å². The lowest BCUT2D eigenvalue weighted by atomic mass is 9.06. The smallest absolute Gasteiger partial charge is 0.0257 e. The Labute approximate surface area is 119 Å². The van der Waals surface area contributed by atoms with Gasteiger partial charge in [-0.2, -0.15) is 0 Å². The normalized spacial score (nSPS) is 55.8. The summed E-state index contributed by atoms with van der Waals surface area (Å²) in [5, 5.41) is 0. The molecule has 0 heterocycles. The molecule has 0 amide bonds. The molecule has 0 bridgehead atoms. The Morgan fingerprint density at radius 3 is 2.53 bits per heavy atom. The average Bonchev–Trinajstić information content (AvgIpc) is 2.38. The van der Waals surface area contributed by atoms with Crippen molar-refractivity contribution in [2.24, 2.45) is 34.3 Å². The minimum absolute atomic E-state index is 0.476. The van der Waals surface area contributed by atoms with E-state index < -0.39 is 0 Å². The molecule has 1 spiro atoms. The molecular formula is C17H20ClN. The molecule has 0 aromatic heterocycles. The van der Waals surface area contributed by atoms with Gasteiger partial charge in [-0.3, -0.25) is 0 Å². The molecule has 4 aliphatic carbocycles. The van der Waals surface area contributed by atoms with Gasteiger partial charge in [-0.25, -0.2) is 0 Å². The summed E-state index contributed by atoms with van der Waals surface area (Å²) in [6, 6.07) is 11.2. The summed E-state index contributed by atoms with van der Waals surface area (Å²) in [4.78, 5) is 0. The highest BCUT2D eigenvalue weighted by molar-refractivity contribution is 6.18. The number of hydrogen-bond acceptors (Lipinski definition) is 1. The van der Waals surface area contributed by atoms with Crippen LogP contribution in [0.3, 0.4) is 0 Å². The van der Waals surface area contributed by atoms with E-state index in [1.54, 1.807) is 5.56 Å². The van der Waals surface area contributed by atoms with Crippen molar-refractivity contribution in [3.05, 3.63) is 35.9 Å². The van der Waals surface area contributed by atoms with Crippen LogP contribution in [0, 0.1) is 28.6 Å². The SMILES string of the molecule is NCC12CC3C(CCl)C4CC(c5ccccc5)(C1)C342. The van der Waals surface area contributed by atoms with Crippen molar-refractivity contribution >= 4 is 11.6 Å². The minimum Gasteiger partial charge on any atom is -0.330 e. The summed E-state index contributed by atoms with van der Waals surface area (Å²) < 4.78 is 0. The summed E-state index contributed by atoms with van der Waals surface area (Å²) in [7, 11) is 0. The van der Waals surface area contributed by atoms with Crippen molar-refractivity contribution < 1.29 is 0 Å². The molecule has 6 atom stereocenters. The van der Waals surface area contributed by atoms with Crippen LogP contribution < -0.4 is 5.73 Å². The number of nitrogens with two attached hydrogens (primary N) is 1. The molecule has 1 aromatic carbocycles. The zero-order valence-electron chi connectivity index (χ0n) is 11.1. The van der Waals surface area contributed by atoms with Gasteiger partial charge in [0.15, 0.2) is 0 Å². The van der Waals surface area contributed by atoms with E-state index in [1.165, 1.54) is 19.3 Å². The Morgan fingerprint density at radius 1 is 1.16 bits per heavy atom. The predicted octanol–water partition coefficient (Wildman–Crippen LogP) is 3.17. The second-order valence-corrected chi connectivity index (χ2v) is 7.73. The second kappa shape index (κ2) is 3.04. The van der Waals surface area contributed by atoms with Crippen LogP contribution in [0.4, 0.5) is 0 Å². The maximum Gasteiger partial charge on any atom is 0.0257 e. The third-order valence-corrected chi connectivity index (χ3v) is 7.94. The molecule has 2 N–H and O–H groups in total. The zero-order chi connectivity index (χ0) is 12.9. The highest BCUT2D eigenvalue weighted by Gasteiger charge is 2.95. The van der Waals surface area contributed by atoms with Gasteiger partial charge in [-0.1, -0.05) is 30.3 Å². The summed E-state index contributed by atoms with van der Waals surface area (Å²) in [6.07, 6.45) is 4.06. The third-order valence-electron chi connectivity index (χ3n) is 7.59. The fraction of sp³-hybridized carbons (Fsp3) is 0.647. The summed E-state index contributed by atoms with van der Waals surface area (Å²) in [5.74, 6) is 3.41. The number of alkyl halides is 1. The maximum atomic E-state index is 6.20. The lowest BCUT2D eigenvalue weighted by molar-refractivity contribution is -0.467. The van der Waals surface area contributed by atoms with Crippen molar-refractivity contribution in [3.8, 4) is 0 Å². The van der Waals surface area contributed by atoms with E-state index in [0.717, 1.165) is 30.2 Å². The molecule has 4 fully saturated rings. The highest BCUT2D eigenvalue weighted by Crippen LogP contribution is 2.98. The summed E-state index contributed by atoms with van der Waals surface area (Å²) in [5.41, 5.74) is 9.27. The average molecular weight is 274 g/mol. The number of benzene rings is 1. The minimum atomic E-state index is 0.476. The molecule has 0 aliphatic heterocycles. The van der Waals surface area contributed by atoms with E-state index in [1.807, 2.05) is 0 Å². The van der Waals surface area contributed by atoms with E-state index in [-0.39, 0.29) is 0 Å². The lowest BCUT2D eigenvalue weighted by Crippen LogP contribution is -2.95. The van der Waals surface area contributed by atoms with Gasteiger partial charge >= 0.3 is 0 Å². The Balaban J connectivity index is 1.60. The van der Waals surface area contributed by atoms with Crippen molar-refractivity contribution in [1.29, 1.82) is 0 Å². The van der Waals surface area contributed by atoms with Crippen LogP contribution in [0.5, 0.6) is 0 Å². The van der Waals surface area contributed by atoms with Crippen LogP contribution in [0.1, 0.15) is 24.8 Å². The third kappa shape index (κ3) is 0.796. The van der Waals surface area contributed by atoms with Gasteiger partial charge in [0.25, 0.3) is 0 Å². The monoisotopic (exact) mass is 273 g/mol. The molecule has 4 aliphatic rings. The summed E-state index contributed by atoms with van der Waals surface area (Å²) >= 11 is 6.20. The Morgan fingerprint density at radius 2 is 1.89 bits per heavy atom. The lowest BCUT2D eigenvalue weighted by Gasteiger charge is -2.98. The van der Waals surface area contributed by atoms with E-state index >= 15 is 0 Å². The second-order valence-electron chi connectivity index (χ2n) is 7.42. The van der Waals surface area contributed by atoms with E-state index in [9.17, 15) is 0 Å². The topological polar surface area (TPSA) is 26.0 Å². The van der Waals surface area contributed by atoms with E-state index in [0.29, 0.717) is 16.2 Å². The summed E-state index contributed by atoms with van der Waals surface area (Å²) in [6.45, 7) is 0.892. The van der Waals surface area contributed by atoms with Gasteiger partial charge in [0.1, 0.15) is 0 Å². The first-order valence-corrected chi connectivity index (χ1v) is 8.11.